The van der Waals surface area contributed by atoms with Crippen LogP contribution in [0.15, 0.2) is 48.0 Å². The monoisotopic (exact) mass is 294 g/mol. The van der Waals surface area contributed by atoms with Crippen molar-refractivity contribution >= 4 is 22.8 Å². The third kappa shape index (κ3) is 1.95. The minimum Gasteiger partial charge on any atom is -0.382 e. The van der Waals surface area contributed by atoms with E-state index < -0.39 is 0 Å². The lowest BCUT2D eigenvalue weighted by Gasteiger charge is -2.02. The molecule has 0 saturated carbocycles. The summed E-state index contributed by atoms with van der Waals surface area (Å²) >= 11 is 1.49. The second-order valence-corrected chi connectivity index (χ2v) is 5.30. The smallest absolute Gasteiger partial charge is 0.179 e. The van der Waals surface area contributed by atoms with Gasteiger partial charge in [-0.2, -0.15) is 9.61 Å². The Kier molecular flexibility index (Phi) is 2.65. The second kappa shape index (κ2) is 4.64. The van der Waals surface area contributed by atoms with Gasteiger partial charge in [0.25, 0.3) is 0 Å². The Balaban J connectivity index is 1.83. The fourth-order valence-corrected chi connectivity index (χ4v) is 2.91. The predicted octanol–water partition coefficient (Wildman–Crippen LogP) is 2.50. The highest BCUT2D eigenvalue weighted by atomic mass is 32.1. The standard InChI is InChI=1S/C14H10N6S/c15-13-12(19-18-11-6-7-16-20(11)13)14-17-10(8-21-14)9-4-2-1-3-5-9/h1-8H,15H2. The Bertz CT molecular complexity index is 912. The van der Waals surface area contributed by atoms with Crippen LogP contribution in [0.25, 0.3) is 27.6 Å². The summed E-state index contributed by atoms with van der Waals surface area (Å²) in [5.41, 5.74) is 9.25. The second-order valence-electron chi connectivity index (χ2n) is 4.44. The van der Waals surface area contributed by atoms with E-state index in [0.717, 1.165) is 16.3 Å². The average molecular weight is 294 g/mol. The Morgan fingerprint density at radius 3 is 2.76 bits per heavy atom. The fraction of sp³-hybridized carbons (Fsp3) is 0. The van der Waals surface area contributed by atoms with E-state index in [1.54, 1.807) is 16.8 Å². The highest BCUT2D eigenvalue weighted by molar-refractivity contribution is 7.13. The van der Waals surface area contributed by atoms with Crippen LogP contribution in [-0.2, 0) is 0 Å². The zero-order valence-electron chi connectivity index (χ0n) is 10.8. The van der Waals surface area contributed by atoms with E-state index in [-0.39, 0.29) is 0 Å². The molecule has 0 radical (unpaired) electrons. The Morgan fingerprint density at radius 2 is 1.90 bits per heavy atom. The lowest BCUT2D eigenvalue weighted by atomic mass is 10.2. The van der Waals surface area contributed by atoms with E-state index in [1.807, 2.05) is 35.7 Å². The largest absolute Gasteiger partial charge is 0.382 e. The summed E-state index contributed by atoms with van der Waals surface area (Å²) in [7, 11) is 0. The Labute approximate surface area is 123 Å². The molecular formula is C14H10N6S. The minimum atomic E-state index is 0.443. The van der Waals surface area contributed by atoms with Crippen LogP contribution in [0.1, 0.15) is 0 Å². The number of aromatic nitrogens is 5. The average Bonchev–Trinajstić information content (AvgIpc) is 3.18. The van der Waals surface area contributed by atoms with Gasteiger partial charge in [-0.25, -0.2) is 4.98 Å². The topological polar surface area (TPSA) is 82.0 Å². The molecule has 2 N–H and O–H groups in total. The zero-order valence-corrected chi connectivity index (χ0v) is 11.7. The molecule has 3 aromatic heterocycles. The van der Waals surface area contributed by atoms with Gasteiger partial charge in [0.05, 0.1) is 11.9 Å². The number of fused-ring (bicyclic) bond motifs is 1. The molecule has 0 amide bonds. The third-order valence-corrected chi connectivity index (χ3v) is 3.97. The molecule has 6 nitrogen and oxygen atoms in total. The van der Waals surface area contributed by atoms with Gasteiger partial charge in [-0.1, -0.05) is 30.3 Å². The number of nitrogen functional groups attached to an aromatic ring is 1. The first-order valence-electron chi connectivity index (χ1n) is 6.30. The van der Waals surface area contributed by atoms with Crippen LogP contribution in [0.3, 0.4) is 0 Å². The summed E-state index contributed by atoms with van der Waals surface area (Å²) in [5.74, 6) is 0.443. The van der Waals surface area contributed by atoms with Gasteiger partial charge in [-0.05, 0) is 0 Å². The summed E-state index contributed by atoms with van der Waals surface area (Å²) in [6.07, 6.45) is 1.64. The van der Waals surface area contributed by atoms with Crippen LogP contribution < -0.4 is 5.73 Å². The van der Waals surface area contributed by atoms with Crippen molar-refractivity contribution < 1.29 is 0 Å². The lowest BCUT2D eigenvalue weighted by Crippen LogP contribution is -2.05. The van der Waals surface area contributed by atoms with Crippen LogP contribution >= 0.6 is 11.3 Å². The highest BCUT2D eigenvalue weighted by Gasteiger charge is 2.14. The number of rotatable bonds is 2. The summed E-state index contributed by atoms with van der Waals surface area (Å²) in [6.45, 7) is 0. The quantitative estimate of drug-likeness (QED) is 0.614. The molecule has 0 atom stereocenters. The molecule has 0 unspecified atom stereocenters. The molecule has 0 aliphatic carbocycles. The number of nitrogens with two attached hydrogens (primary N) is 1. The first-order chi connectivity index (χ1) is 10.3. The van der Waals surface area contributed by atoms with Gasteiger partial charge in [0, 0.05) is 17.0 Å². The van der Waals surface area contributed by atoms with Crippen molar-refractivity contribution in [3.63, 3.8) is 0 Å². The Hall–Kier alpha value is -2.80. The van der Waals surface area contributed by atoms with Crippen molar-refractivity contribution in [1.82, 2.24) is 24.8 Å². The van der Waals surface area contributed by atoms with Crippen molar-refractivity contribution in [3.05, 3.63) is 48.0 Å². The maximum atomic E-state index is 6.11. The molecule has 4 aromatic rings. The van der Waals surface area contributed by atoms with E-state index in [0.29, 0.717) is 17.2 Å². The van der Waals surface area contributed by atoms with Crippen LogP contribution in [0.5, 0.6) is 0 Å². The molecule has 0 bridgehead atoms. The molecule has 0 aliphatic heterocycles. The number of thiazole rings is 1. The van der Waals surface area contributed by atoms with Gasteiger partial charge in [-0.15, -0.1) is 21.5 Å². The predicted molar refractivity (Wildman–Crippen MR) is 81.7 cm³/mol. The van der Waals surface area contributed by atoms with Gasteiger partial charge in [0.1, 0.15) is 5.01 Å². The lowest BCUT2D eigenvalue weighted by molar-refractivity contribution is 0.906. The van der Waals surface area contributed by atoms with E-state index >= 15 is 0 Å². The molecule has 0 fully saturated rings. The third-order valence-electron chi connectivity index (χ3n) is 3.12. The van der Waals surface area contributed by atoms with Crippen LogP contribution in [0.4, 0.5) is 5.82 Å². The van der Waals surface area contributed by atoms with E-state index in [4.69, 9.17) is 5.73 Å². The molecule has 0 saturated heterocycles. The summed E-state index contributed by atoms with van der Waals surface area (Å²) in [6, 6.07) is 11.7. The van der Waals surface area contributed by atoms with Crippen LogP contribution in [0.2, 0.25) is 0 Å². The molecule has 0 aliphatic rings. The van der Waals surface area contributed by atoms with Gasteiger partial charge in [0.15, 0.2) is 17.2 Å². The van der Waals surface area contributed by atoms with E-state index in [2.05, 4.69) is 20.3 Å². The zero-order chi connectivity index (χ0) is 14.2. The molecule has 102 valence electrons. The van der Waals surface area contributed by atoms with Crippen molar-refractivity contribution in [2.45, 2.75) is 0 Å². The van der Waals surface area contributed by atoms with Crippen molar-refractivity contribution in [3.8, 4) is 22.0 Å². The maximum absolute atomic E-state index is 6.11. The summed E-state index contributed by atoms with van der Waals surface area (Å²) in [5, 5.41) is 15.1. The number of anilines is 1. The molecule has 7 heteroatoms. The van der Waals surface area contributed by atoms with Crippen LogP contribution in [0, 0.1) is 0 Å². The number of benzene rings is 1. The Morgan fingerprint density at radius 1 is 1.05 bits per heavy atom. The van der Waals surface area contributed by atoms with E-state index in [1.165, 1.54) is 11.3 Å². The van der Waals surface area contributed by atoms with Gasteiger partial charge in [0.2, 0.25) is 0 Å². The SMILES string of the molecule is Nc1c(-c2nc(-c3ccccc3)cs2)nnc2ccnn12. The first kappa shape index (κ1) is 12.0. The first-order valence-corrected chi connectivity index (χ1v) is 7.18. The molecule has 0 spiro atoms. The van der Waals surface area contributed by atoms with Gasteiger partial charge < -0.3 is 5.73 Å². The molecule has 21 heavy (non-hydrogen) atoms. The van der Waals surface area contributed by atoms with Crippen molar-refractivity contribution in [2.75, 3.05) is 5.73 Å². The highest BCUT2D eigenvalue weighted by Crippen LogP contribution is 2.30. The molecular weight excluding hydrogens is 284 g/mol. The summed E-state index contributed by atoms with van der Waals surface area (Å²) in [4.78, 5) is 4.60. The van der Waals surface area contributed by atoms with E-state index in [9.17, 15) is 0 Å². The number of nitrogens with zero attached hydrogens (tertiary/aromatic N) is 5. The van der Waals surface area contributed by atoms with Gasteiger partial charge in [-0.3, -0.25) is 0 Å². The molecule has 4 rings (SSSR count). The van der Waals surface area contributed by atoms with Crippen molar-refractivity contribution in [2.24, 2.45) is 0 Å². The number of hydrogen-bond acceptors (Lipinski definition) is 6. The normalized spacial score (nSPS) is 11.0. The minimum absolute atomic E-state index is 0.443. The fourth-order valence-electron chi connectivity index (χ4n) is 2.09. The van der Waals surface area contributed by atoms with Crippen LogP contribution in [-0.4, -0.2) is 24.8 Å². The molecule has 3 heterocycles. The van der Waals surface area contributed by atoms with Crippen molar-refractivity contribution in [1.29, 1.82) is 0 Å². The number of hydrogen-bond donors (Lipinski definition) is 1. The molecule has 1 aromatic carbocycles. The van der Waals surface area contributed by atoms with Gasteiger partial charge >= 0.3 is 0 Å². The maximum Gasteiger partial charge on any atom is 0.179 e. The summed E-state index contributed by atoms with van der Waals surface area (Å²) < 4.78 is 1.56.